The Labute approximate surface area is 203 Å². The first-order valence-corrected chi connectivity index (χ1v) is 11.6. The van der Waals surface area contributed by atoms with Crippen LogP contribution in [0.2, 0.25) is 0 Å². The molecule has 34 heavy (non-hydrogen) atoms. The molecule has 4 rings (SSSR count). The Balaban J connectivity index is 1.48. The Kier molecular flexibility index (Phi) is 6.61. The van der Waals surface area contributed by atoms with Crippen molar-refractivity contribution in [2.24, 2.45) is 0 Å². The van der Waals surface area contributed by atoms with Gasteiger partial charge in [0.05, 0.1) is 4.91 Å². The molecule has 7 nitrogen and oxygen atoms in total. The van der Waals surface area contributed by atoms with Crippen LogP contribution in [-0.2, 0) is 9.59 Å². The van der Waals surface area contributed by atoms with E-state index in [-0.39, 0.29) is 11.4 Å². The summed E-state index contributed by atoms with van der Waals surface area (Å²) in [6, 6.07) is 17.4. The zero-order valence-electron chi connectivity index (χ0n) is 19.5. The monoisotopic (exact) mass is 474 g/mol. The van der Waals surface area contributed by atoms with Crippen molar-refractivity contribution < 1.29 is 14.4 Å². The van der Waals surface area contributed by atoms with Gasteiger partial charge in [-0.25, -0.2) is 0 Å². The van der Waals surface area contributed by atoms with Crippen LogP contribution in [-0.4, -0.2) is 47.2 Å². The summed E-state index contributed by atoms with van der Waals surface area (Å²) >= 11 is 0.842. The minimum Gasteiger partial charge on any atom is -0.378 e. The Morgan fingerprint density at radius 2 is 1.76 bits per heavy atom. The van der Waals surface area contributed by atoms with Crippen molar-refractivity contribution in [2.45, 2.75) is 13.8 Å². The molecule has 2 aromatic carbocycles. The van der Waals surface area contributed by atoms with Crippen LogP contribution in [0.1, 0.15) is 16.8 Å². The highest BCUT2D eigenvalue weighted by atomic mass is 32.2. The van der Waals surface area contributed by atoms with E-state index in [4.69, 9.17) is 0 Å². The average Bonchev–Trinajstić information content (AvgIpc) is 3.36. The van der Waals surface area contributed by atoms with Crippen LogP contribution in [0.25, 0.3) is 11.8 Å². The highest BCUT2D eigenvalue weighted by Crippen LogP contribution is 2.32. The van der Waals surface area contributed by atoms with E-state index in [1.165, 1.54) is 0 Å². The molecule has 1 N–H and O–H groups in total. The van der Waals surface area contributed by atoms with Gasteiger partial charge in [0.1, 0.15) is 6.54 Å². The molecule has 0 unspecified atom stereocenters. The van der Waals surface area contributed by atoms with E-state index in [9.17, 15) is 14.4 Å². The predicted octanol–water partition coefficient (Wildman–Crippen LogP) is 4.84. The molecule has 1 aromatic heterocycles. The van der Waals surface area contributed by atoms with Crippen LogP contribution < -0.4 is 10.2 Å². The molecule has 1 aliphatic rings. The molecule has 2 heterocycles. The van der Waals surface area contributed by atoms with Crippen molar-refractivity contribution in [1.82, 2.24) is 9.47 Å². The second kappa shape index (κ2) is 9.61. The van der Waals surface area contributed by atoms with Gasteiger partial charge in [0.15, 0.2) is 0 Å². The van der Waals surface area contributed by atoms with Gasteiger partial charge in [0.2, 0.25) is 5.91 Å². The van der Waals surface area contributed by atoms with E-state index in [1.807, 2.05) is 92.1 Å². The van der Waals surface area contributed by atoms with Crippen LogP contribution in [0, 0.1) is 13.8 Å². The molecule has 1 aliphatic heterocycles. The molecule has 0 aliphatic carbocycles. The van der Waals surface area contributed by atoms with E-state index < -0.39 is 17.1 Å². The van der Waals surface area contributed by atoms with E-state index in [2.05, 4.69) is 5.32 Å². The number of thioether (sulfide) groups is 1. The lowest BCUT2D eigenvalue weighted by molar-refractivity contribution is -0.127. The van der Waals surface area contributed by atoms with Gasteiger partial charge in [0, 0.05) is 43.0 Å². The number of anilines is 2. The van der Waals surface area contributed by atoms with Crippen molar-refractivity contribution in [3.63, 3.8) is 0 Å². The fourth-order valence-corrected chi connectivity index (χ4v) is 4.42. The number of aromatic nitrogens is 1. The van der Waals surface area contributed by atoms with E-state index in [1.54, 1.807) is 12.1 Å². The lowest BCUT2D eigenvalue weighted by Crippen LogP contribution is -2.36. The third kappa shape index (κ3) is 4.92. The molecule has 0 radical (unpaired) electrons. The molecule has 174 valence electrons. The van der Waals surface area contributed by atoms with Crippen molar-refractivity contribution in [2.75, 3.05) is 30.9 Å². The van der Waals surface area contributed by atoms with E-state index in [0.717, 1.165) is 44.9 Å². The summed E-state index contributed by atoms with van der Waals surface area (Å²) in [6.45, 7) is 3.61. The van der Waals surface area contributed by atoms with Gasteiger partial charge >= 0.3 is 0 Å². The normalized spacial score (nSPS) is 14.7. The smallest absolute Gasteiger partial charge is 0.294 e. The molecule has 8 heteroatoms. The maximum atomic E-state index is 12.9. The Morgan fingerprint density at radius 3 is 2.44 bits per heavy atom. The van der Waals surface area contributed by atoms with E-state index in [0.29, 0.717) is 5.69 Å². The average molecular weight is 475 g/mol. The fraction of sp³-hybridized carbons (Fsp3) is 0.192. The number of nitrogens with zero attached hydrogens (tertiary/aromatic N) is 3. The second-order valence-electron chi connectivity index (χ2n) is 8.33. The molecule has 0 spiro atoms. The molecule has 1 saturated heterocycles. The van der Waals surface area contributed by atoms with Crippen LogP contribution >= 0.6 is 11.8 Å². The number of carbonyl (C=O) groups excluding carboxylic acids is 3. The molecule has 0 atom stereocenters. The van der Waals surface area contributed by atoms with Gasteiger partial charge < -0.3 is 14.8 Å². The van der Waals surface area contributed by atoms with Crippen LogP contribution in [0.15, 0.2) is 65.7 Å². The van der Waals surface area contributed by atoms with Gasteiger partial charge in [-0.05, 0) is 91.3 Å². The number of hydrogen-bond donors (Lipinski definition) is 1. The number of hydrogen-bond acceptors (Lipinski definition) is 5. The maximum absolute atomic E-state index is 12.9. The summed E-state index contributed by atoms with van der Waals surface area (Å²) in [5, 5.41) is 2.30. The van der Waals surface area contributed by atoms with Gasteiger partial charge in [0.25, 0.3) is 11.1 Å². The number of aryl methyl sites for hydroxylation is 2. The third-order valence-electron chi connectivity index (χ3n) is 5.67. The predicted molar refractivity (Wildman–Crippen MR) is 137 cm³/mol. The molecular formula is C26H26N4O3S. The Morgan fingerprint density at radius 1 is 1.03 bits per heavy atom. The summed E-state index contributed by atoms with van der Waals surface area (Å²) in [5.41, 5.74) is 5.58. The molecule has 0 bridgehead atoms. The lowest BCUT2D eigenvalue weighted by Gasteiger charge is -2.14. The lowest BCUT2D eigenvalue weighted by atomic mass is 10.1. The van der Waals surface area contributed by atoms with Gasteiger partial charge in [-0.2, -0.15) is 0 Å². The molecule has 0 saturated carbocycles. The fourth-order valence-electron chi connectivity index (χ4n) is 3.59. The standard InChI is InChI=1S/C26H26N4O3S/c1-17-7-8-19(14-18(17)2)27-24(31)16-30-25(32)23(34-26(30)33)15-22-6-5-13-29(22)21-11-9-20(10-12-21)28(3)4/h5-15H,16H2,1-4H3,(H,27,31). The summed E-state index contributed by atoms with van der Waals surface area (Å²) in [4.78, 5) is 41.2. The first-order valence-electron chi connectivity index (χ1n) is 10.8. The second-order valence-corrected chi connectivity index (χ2v) is 9.32. The van der Waals surface area contributed by atoms with E-state index >= 15 is 0 Å². The summed E-state index contributed by atoms with van der Waals surface area (Å²) < 4.78 is 1.94. The first-order chi connectivity index (χ1) is 16.2. The summed E-state index contributed by atoms with van der Waals surface area (Å²) in [5.74, 6) is -0.892. The van der Waals surface area contributed by atoms with Crippen LogP contribution in [0.4, 0.5) is 16.2 Å². The summed E-state index contributed by atoms with van der Waals surface area (Å²) in [7, 11) is 3.96. The largest absolute Gasteiger partial charge is 0.378 e. The van der Waals surface area contributed by atoms with Crippen molar-refractivity contribution in [3.05, 3.63) is 82.5 Å². The number of benzene rings is 2. The van der Waals surface area contributed by atoms with Gasteiger partial charge in [-0.1, -0.05) is 6.07 Å². The third-order valence-corrected chi connectivity index (χ3v) is 6.58. The number of imide groups is 1. The first kappa shape index (κ1) is 23.4. The maximum Gasteiger partial charge on any atom is 0.294 e. The van der Waals surface area contributed by atoms with Crippen LogP contribution in [0.5, 0.6) is 0 Å². The number of rotatable bonds is 6. The summed E-state index contributed by atoms with van der Waals surface area (Å²) in [6.07, 6.45) is 3.59. The zero-order chi connectivity index (χ0) is 24.4. The molecule has 1 fully saturated rings. The molecule has 3 amide bonds. The number of nitrogens with one attached hydrogen (secondary N) is 1. The SMILES string of the molecule is Cc1ccc(NC(=O)CN2C(=O)SC(=Cc3cccn3-c3ccc(N(C)C)cc3)C2=O)cc1C. The van der Waals surface area contributed by atoms with Crippen molar-refractivity contribution >= 4 is 46.3 Å². The highest BCUT2D eigenvalue weighted by Gasteiger charge is 2.36. The van der Waals surface area contributed by atoms with Gasteiger partial charge in [-0.15, -0.1) is 0 Å². The highest BCUT2D eigenvalue weighted by molar-refractivity contribution is 8.18. The minimum atomic E-state index is -0.471. The topological polar surface area (TPSA) is 74.7 Å². The Bertz CT molecular complexity index is 1290. The zero-order valence-corrected chi connectivity index (χ0v) is 20.3. The number of amides is 3. The Hall–Kier alpha value is -3.78. The van der Waals surface area contributed by atoms with Crippen LogP contribution in [0.3, 0.4) is 0 Å². The van der Waals surface area contributed by atoms with Gasteiger partial charge in [-0.3, -0.25) is 19.3 Å². The van der Waals surface area contributed by atoms with Crippen molar-refractivity contribution in [1.29, 1.82) is 0 Å². The molecular weight excluding hydrogens is 448 g/mol. The van der Waals surface area contributed by atoms with Crippen molar-refractivity contribution in [3.8, 4) is 5.69 Å². The minimum absolute atomic E-state index is 0.286. The molecule has 3 aromatic rings. The number of carbonyl (C=O) groups is 3. The quantitative estimate of drug-likeness (QED) is 0.518.